The fraction of sp³-hybridized carbons (Fsp3) is 0.444. The van der Waals surface area contributed by atoms with Crippen molar-refractivity contribution in [3.05, 3.63) is 12.3 Å². The highest BCUT2D eigenvalue weighted by atomic mass is 16.5. The Labute approximate surface area is 92.6 Å². The van der Waals surface area contributed by atoms with E-state index in [0.717, 1.165) is 0 Å². The summed E-state index contributed by atoms with van der Waals surface area (Å²) >= 11 is 0. The summed E-state index contributed by atoms with van der Waals surface area (Å²) in [6, 6.07) is 1.58. The van der Waals surface area contributed by atoms with E-state index in [-0.39, 0.29) is 25.5 Å². The molecule has 0 radical (unpaired) electrons. The number of aromatic nitrogens is 2. The third kappa shape index (κ3) is 3.99. The Morgan fingerprint density at radius 1 is 1.62 bits per heavy atom. The average Bonchev–Trinajstić information content (AvgIpc) is 2.63. The van der Waals surface area contributed by atoms with Gasteiger partial charge < -0.3 is 15.8 Å². The minimum atomic E-state index is -0.452. The number of carbonyl (C=O) groups is 2. The normalized spacial score (nSPS) is 9.81. The summed E-state index contributed by atoms with van der Waals surface area (Å²) in [6.07, 6.45) is 1.73. The number of esters is 1. The fourth-order valence-corrected chi connectivity index (χ4v) is 1.03. The SMILES string of the molecule is CNC(=O)CCOC(=O)Cn1ccc(N)n1. The van der Waals surface area contributed by atoms with Gasteiger partial charge in [0, 0.05) is 13.2 Å². The van der Waals surface area contributed by atoms with E-state index in [1.807, 2.05) is 0 Å². The van der Waals surface area contributed by atoms with Crippen LogP contribution in [-0.4, -0.2) is 35.3 Å². The van der Waals surface area contributed by atoms with Gasteiger partial charge in [0.15, 0.2) is 0 Å². The van der Waals surface area contributed by atoms with Gasteiger partial charge in [-0.25, -0.2) is 0 Å². The summed E-state index contributed by atoms with van der Waals surface area (Å²) in [7, 11) is 1.52. The third-order valence-electron chi connectivity index (χ3n) is 1.82. The number of nitrogens with two attached hydrogens (primary N) is 1. The molecule has 1 heterocycles. The highest BCUT2D eigenvalue weighted by molar-refractivity contribution is 5.76. The number of nitrogen functional groups attached to an aromatic ring is 1. The number of ether oxygens (including phenoxy) is 1. The Hall–Kier alpha value is -2.05. The summed E-state index contributed by atoms with van der Waals surface area (Å²) < 4.78 is 6.20. The van der Waals surface area contributed by atoms with Crippen LogP contribution >= 0.6 is 0 Å². The zero-order valence-electron chi connectivity index (χ0n) is 8.97. The van der Waals surface area contributed by atoms with Crippen LogP contribution in [0.1, 0.15) is 6.42 Å². The Balaban J connectivity index is 2.23. The second-order valence-corrected chi connectivity index (χ2v) is 3.08. The summed E-state index contributed by atoms with van der Waals surface area (Å²) in [5.74, 6) is -0.277. The van der Waals surface area contributed by atoms with Crippen LogP contribution in [0.4, 0.5) is 5.82 Å². The molecule has 0 fully saturated rings. The number of hydrogen-bond acceptors (Lipinski definition) is 5. The molecule has 0 aromatic carbocycles. The van der Waals surface area contributed by atoms with Crippen molar-refractivity contribution in [3.8, 4) is 0 Å². The van der Waals surface area contributed by atoms with Crippen LogP contribution in [0.15, 0.2) is 12.3 Å². The summed E-state index contributed by atoms with van der Waals surface area (Å²) in [5, 5.41) is 6.25. The van der Waals surface area contributed by atoms with Crippen molar-refractivity contribution >= 4 is 17.7 Å². The minimum absolute atomic E-state index is 0.00898. The molecular formula is C9H14N4O3. The molecule has 0 aliphatic heterocycles. The lowest BCUT2D eigenvalue weighted by Gasteiger charge is -2.04. The van der Waals surface area contributed by atoms with Crippen molar-refractivity contribution in [1.82, 2.24) is 15.1 Å². The highest BCUT2D eigenvalue weighted by Gasteiger charge is 2.06. The molecule has 1 aromatic heterocycles. The molecule has 0 bridgehead atoms. The molecule has 7 nitrogen and oxygen atoms in total. The number of anilines is 1. The molecule has 3 N–H and O–H groups in total. The first-order chi connectivity index (χ1) is 7.61. The van der Waals surface area contributed by atoms with E-state index in [1.54, 1.807) is 12.3 Å². The van der Waals surface area contributed by atoms with Gasteiger partial charge in [-0.2, -0.15) is 5.10 Å². The Morgan fingerprint density at radius 2 is 2.38 bits per heavy atom. The molecule has 1 aromatic rings. The predicted octanol–water partition coefficient (Wildman–Crippen LogP) is -0.855. The predicted molar refractivity (Wildman–Crippen MR) is 56.3 cm³/mol. The van der Waals surface area contributed by atoms with Gasteiger partial charge in [-0.15, -0.1) is 0 Å². The molecule has 88 valence electrons. The van der Waals surface area contributed by atoms with Crippen molar-refractivity contribution in [2.24, 2.45) is 0 Å². The molecule has 16 heavy (non-hydrogen) atoms. The average molecular weight is 226 g/mol. The van der Waals surface area contributed by atoms with Crippen LogP contribution in [0.25, 0.3) is 0 Å². The largest absolute Gasteiger partial charge is 0.464 e. The Bertz CT molecular complexity index is 375. The van der Waals surface area contributed by atoms with Crippen molar-refractivity contribution in [1.29, 1.82) is 0 Å². The van der Waals surface area contributed by atoms with Gasteiger partial charge in [-0.1, -0.05) is 0 Å². The molecule has 1 amide bonds. The van der Waals surface area contributed by atoms with Crippen LogP contribution < -0.4 is 11.1 Å². The summed E-state index contributed by atoms with van der Waals surface area (Å²) in [4.78, 5) is 22.1. The number of nitrogens with one attached hydrogen (secondary N) is 1. The lowest BCUT2D eigenvalue weighted by Crippen LogP contribution is -2.21. The van der Waals surface area contributed by atoms with Gasteiger partial charge >= 0.3 is 5.97 Å². The van der Waals surface area contributed by atoms with Crippen LogP contribution in [0.3, 0.4) is 0 Å². The van der Waals surface area contributed by atoms with Crippen molar-refractivity contribution in [3.63, 3.8) is 0 Å². The zero-order valence-corrected chi connectivity index (χ0v) is 8.97. The maximum atomic E-state index is 11.2. The molecular weight excluding hydrogens is 212 g/mol. The summed E-state index contributed by atoms with van der Waals surface area (Å²) in [5.41, 5.74) is 5.38. The van der Waals surface area contributed by atoms with Crippen LogP contribution in [-0.2, 0) is 20.9 Å². The summed E-state index contributed by atoms with van der Waals surface area (Å²) in [6.45, 7) is 0.0558. The van der Waals surface area contributed by atoms with Gasteiger partial charge in [0.1, 0.15) is 19.0 Å². The van der Waals surface area contributed by atoms with Gasteiger partial charge in [0.05, 0.1) is 6.42 Å². The highest BCUT2D eigenvalue weighted by Crippen LogP contribution is 1.96. The molecule has 0 unspecified atom stereocenters. The molecule has 0 atom stereocenters. The first-order valence-electron chi connectivity index (χ1n) is 4.77. The smallest absolute Gasteiger partial charge is 0.327 e. The zero-order chi connectivity index (χ0) is 12.0. The lowest BCUT2D eigenvalue weighted by atomic mass is 10.4. The number of amides is 1. The molecule has 0 saturated carbocycles. The Morgan fingerprint density at radius 3 is 2.94 bits per heavy atom. The van der Waals surface area contributed by atoms with Gasteiger partial charge in [-0.05, 0) is 6.07 Å². The molecule has 7 heteroatoms. The Kier molecular flexibility index (Phi) is 4.31. The second-order valence-electron chi connectivity index (χ2n) is 3.08. The topological polar surface area (TPSA) is 99.2 Å². The van der Waals surface area contributed by atoms with E-state index in [2.05, 4.69) is 10.4 Å². The number of carbonyl (C=O) groups excluding carboxylic acids is 2. The maximum absolute atomic E-state index is 11.2. The van der Waals surface area contributed by atoms with Gasteiger partial charge in [-0.3, -0.25) is 14.3 Å². The van der Waals surface area contributed by atoms with E-state index in [0.29, 0.717) is 5.82 Å². The lowest BCUT2D eigenvalue weighted by molar-refractivity contribution is -0.145. The molecule has 0 aliphatic rings. The van der Waals surface area contributed by atoms with E-state index in [9.17, 15) is 9.59 Å². The van der Waals surface area contributed by atoms with Gasteiger partial charge in [0.2, 0.25) is 5.91 Å². The molecule has 0 spiro atoms. The first-order valence-corrected chi connectivity index (χ1v) is 4.77. The number of hydrogen-bond donors (Lipinski definition) is 2. The van der Waals surface area contributed by atoms with Crippen LogP contribution in [0, 0.1) is 0 Å². The standard InChI is InChI=1S/C9H14N4O3/c1-11-8(14)3-5-16-9(15)6-13-4-2-7(10)12-13/h2,4H,3,5-6H2,1H3,(H2,10,12)(H,11,14). The molecule has 0 aliphatic carbocycles. The van der Waals surface area contributed by atoms with Crippen molar-refractivity contribution in [2.75, 3.05) is 19.4 Å². The van der Waals surface area contributed by atoms with Crippen molar-refractivity contribution in [2.45, 2.75) is 13.0 Å². The monoisotopic (exact) mass is 226 g/mol. The van der Waals surface area contributed by atoms with E-state index >= 15 is 0 Å². The van der Waals surface area contributed by atoms with Crippen LogP contribution in [0.5, 0.6) is 0 Å². The van der Waals surface area contributed by atoms with E-state index in [4.69, 9.17) is 10.5 Å². The van der Waals surface area contributed by atoms with Crippen molar-refractivity contribution < 1.29 is 14.3 Å². The third-order valence-corrected chi connectivity index (χ3v) is 1.82. The van der Waals surface area contributed by atoms with E-state index < -0.39 is 5.97 Å². The fourth-order valence-electron chi connectivity index (χ4n) is 1.03. The second kappa shape index (κ2) is 5.74. The number of rotatable bonds is 5. The minimum Gasteiger partial charge on any atom is -0.464 e. The van der Waals surface area contributed by atoms with E-state index in [1.165, 1.54) is 11.7 Å². The maximum Gasteiger partial charge on any atom is 0.327 e. The molecule has 0 saturated heterocycles. The van der Waals surface area contributed by atoms with Crippen LogP contribution in [0.2, 0.25) is 0 Å². The molecule has 1 rings (SSSR count). The number of nitrogens with zero attached hydrogens (tertiary/aromatic N) is 2. The van der Waals surface area contributed by atoms with Gasteiger partial charge in [0.25, 0.3) is 0 Å². The first kappa shape index (κ1) is 12.0. The quantitative estimate of drug-likeness (QED) is 0.637.